The summed E-state index contributed by atoms with van der Waals surface area (Å²) in [5, 5.41) is 0.627. The van der Waals surface area contributed by atoms with Crippen molar-refractivity contribution in [1.29, 1.82) is 0 Å². The van der Waals surface area contributed by atoms with Crippen molar-refractivity contribution >= 4 is 28.7 Å². The van der Waals surface area contributed by atoms with E-state index in [-0.39, 0.29) is 11.5 Å². The van der Waals surface area contributed by atoms with Crippen molar-refractivity contribution in [3.8, 4) is 0 Å². The van der Waals surface area contributed by atoms with Gasteiger partial charge < -0.3 is 0 Å². The Labute approximate surface area is 124 Å². The lowest BCUT2D eigenvalue weighted by Gasteiger charge is -2.12. The first-order valence-electron chi connectivity index (χ1n) is 6.56. The van der Waals surface area contributed by atoms with Gasteiger partial charge in [-0.2, -0.15) is 9.37 Å². The topological polar surface area (TPSA) is 63.2 Å². The van der Waals surface area contributed by atoms with E-state index < -0.39 is 17.8 Å². The molecule has 1 aliphatic rings. The molecule has 2 aromatic heterocycles. The highest BCUT2D eigenvalue weighted by Gasteiger charge is 2.37. The molecule has 3 aromatic rings. The van der Waals surface area contributed by atoms with Crippen molar-refractivity contribution < 1.29 is 14.0 Å². The van der Waals surface area contributed by atoms with Gasteiger partial charge in [0.1, 0.15) is 5.82 Å². The molecule has 6 heteroatoms. The Bertz CT molecular complexity index is 920. The van der Waals surface area contributed by atoms with E-state index in [9.17, 15) is 14.0 Å². The molecule has 106 valence electrons. The van der Waals surface area contributed by atoms with E-state index in [4.69, 9.17) is 0 Å². The van der Waals surface area contributed by atoms with E-state index >= 15 is 0 Å². The summed E-state index contributed by atoms with van der Waals surface area (Å²) < 4.78 is 13.2. The summed E-state index contributed by atoms with van der Waals surface area (Å²) in [7, 11) is 0. The first kappa shape index (κ1) is 12.6. The van der Waals surface area contributed by atoms with Gasteiger partial charge in [0.2, 0.25) is 5.95 Å². The number of imide groups is 1. The first-order valence-corrected chi connectivity index (χ1v) is 6.56. The van der Waals surface area contributed by atoms with Crippen LogP contribution in [0.25, 0.3) is 11.0 Å². The fraction of sp³-hybridized carbons (Fsp3) is 0. The van der Waals surface area contributed by atoms with Crippen LogP contribution in [0, 0.1) is 5.95 Å². The summed E-state index contributed by atoms with van der Waals surface area (Å²) in [6.45, 7) is 0. The number of aromatic nitrogens is 2. The van der Waals surface area contributed by atoms with E-state index in [0.29, 0.717) is 16.5 Å². The van der Waals surface area contributed by atoms with Crippen molar-refractivity contribution in [2.45, 2.75) is 0 Å². The predicted octanol–water partition coefficient (Wildman–Crippen LogP) is 2.57. The Hall–Kier alpha value is -3.15. The fourth-order valence-corrected chi connectivity index (χ4v) is 2.49. The van der Waals surface area contributed by atoms with Gasteiger partial charge in [-0.3, -0.25) is 9.59 Å². The molecule has 0 aliphatic carbocycles. The second-order valence-electron chi connectivity index (χ2n) is 4.84. The standard InChI is InChI=1S/C16H8FN3O2/c17-12-7-5-9-6-8-13(19-14(9)18-12)20-15(21)10-3-1-2-4-11(10)16(20)22/h1-8H. The third-order valence-electron chi connectivity index (χ3n) is 3.53. The third kappa shape index (κ3) is 1.70. The van der Waals surface area contributed by atoms with E-state index in [1.165, 1.54) is 12.1 Å². The highest BCUT2D eigenvalue weighted by Crippen LogP contribution is 2.27. The lowest BCUT2D eigenvalue weighted by Crippen LogP contribution is -2.30. The number of pyridine rings is 2. The molecule has 0 bridgehead atoms. The average Bonchev–Trinajstić information content (AvgIpc) is 2.79. The minimum absolute atomic E-state index is 0.136. The molecular weight excluding hydrogens is 285 g/mol. The SMILES string of the molecule is O=C1c2ccccc2C(=O)N1c1ccc2ccc(F)nc2n1. The Morgan fingerprint density at radius 1 is 0.818 bits per heavy atom. The molecule has 0 unspecified atom stereocenters. The number of rotatable bonds is 1. The number of carbonyl (C=O) groups is 2. The molecule has 0 N–H and O–H groups in total. The van der Waals surface area contributed by atoms with Crippen molar-refractivity contribution in [2.75, 3.05) is 4.90 Å². The maximum Gasteiger partial charge on any atom is 0.267 e. The zero-order chi connectivity index (χ0) is 15.3. The molecule has 0 spiro atoms. The zero-order valence-electron chi connectivity index (χ0n) is 11.2. The summed E-state index contributed by atoms with van der Waals surface area (Å²) in [4.78, 5) is 33.6. The lowest BCUT2D eigenvalue weighted by molar-refractivity contribution is 0.0925. The van der Waals surface area contributed by atoms with Crippen molar-refractivity contribution in [3.63, 3.8) is 0 Å². The number of benzene rings is 1. The largest absolute Gasteiger partial charge is 0.268 e. The van der Waals surface area contributed by atoms with Gasteiger partial charge in [0, 0.05) is 5.39 Å². The molecule has 4 rings (SSSR count). The molecule has 22 heavy (non-hydrogen) atoms. The van der Waals surface area contributed by atoms with Crippen LogP contribution in [-0.4, -0.2) is 21.8 Å². The number of anilines is 1. The van der Waals surface area contributed by atoms with E-state index in [2.05, 4.69) is 9.97 Å². The van der Waals surface area contributed by atoms with Gasteiger partial charge in [0.15, 0.2) is 5.65 Å². The zero-order valence-corrected chi connectivity index (χ0v) is 11.2. The molecule has 2 amide bonds. The van der Waals surface area contributed by atoms with Crippen LogP contribution < -0.4 is 4.90 Å². The second kappa shape index (κ2) is 4.42. The summed E-state index contributed by atoms with van der Waals surface area (Å²) >= 11 is 0. The van der Waals surface area contributed by atoms with Gasteiger partial charge in [-0.05, 0) is 36.4 Å². The summed E-state index contributed by atoms with van der Waals surface area (Å²) in [6, 6.07) is 12.5. The Morgan fingerprint density at radius 2 is 1.45 bits per heavy atom. The molecule has 1 aliphatic heterocycles. The normalized spacial score (nSPS) is 13.8. The van der Waals surface area contributed by atoms with Crippen LogP contribution in [0.1, 0.15) is 20.7 Å². The molecular formula is C16H8FN3O2. The monoisotopic (exact) mass is 293 g/mol. The van der Waals surface area contributed by atoms with E-state index in [1.807, 2.05) is 0 Å². The van der Waals surface area contributed by atoms with Crippen LogP contribution in [0.4, 0.5) is 10.2 Å². The van der Waals surface area contributed by atoms with Gasteiger partial charge in [-0.1, -0.05) is 12.1 Å². The minimum atomic E-state index is -0.667. The van der Waals surface area contributed by atoms with Crippen LogP contribution in [-0.2, 0) is 0 Å². The number of amides is 2. The molecule has 5 nitrogen and oxygen atoms in total. The Morgan fingerprint density at radius 3 is 2.14 bits per heavy atom. The average molecular weight is 293 g/mol. The predicted molar refractivity (Wildman–Crippen MR) is 77.1 cm³/mol. The lowest BCUT2D eigenvalue weighted by atomic mass is 10.1. The molecule has 0 saturated heterocycles. The fourth-order valence-electron chi connectivity index (χ4n) is 2.49. The number of hydrogen-bond acceptors (Lipinski definition) is 4. The highest BCUT2D eigenvalue weighted by molar-refractivity contribution is 6.34. The minimum Gasteiger partial charge on any atom is -0.268 e. The van der Waals surface area contributed by atoms with Gasteiger partial charge in [-0.25, -0.2) is 9.88 Å². The number of fused-ring (bicyclic) bond motifs is 2. The number of halogens is 1. The van der Waals surface area contributed by atoms with Gasteiger partial charge >= 0.3 is 0 Å². The smallest absolute Gasteiger partial charge is 0.267 e. The highest BCUT2D eigenvalue weighted by atomic mass is 19.1. The molecule has 0 atom stereocenters. The van der Waals surface area contributed by atoms with Crippen LogP contribution >= 0.6 is 0 Å². The van der Waals surface area contributed by atoms with Crippen molar-refractivity contribution in [3.05, 3.63) is 65.6 Å². The van der Waals surface area contributed by atoms with E-state index in [0.717, 1.165) is 4.90 Å². The molecule has 0 radical (unpaired) electrons. The molecule has 1 aromatic carbocycles. The quantitative estimate of drug-likeness (QED) is 0.511. The molecule has 0 fully saturated rings. The van der Waals surface area contributed by atoms with Crippen molar-refractivity contribution in [1.82, 2.24) is 9.97 Å². The van der Waals surface area contributed by atoms with Gasteiger partial charge in [0.25, 0.3) is 11.8 Å². The maximum atomic E-state index is 13.2. The van der Waals surface area contributed by atoms with Gasteiger partial charge in [-0.15, -0.1) is 0 Å². The maximum absolute atomic E-state index is 13.2. The van der Waals surface area contributed by atoms with Crippen molar-refractivity contribution in [2.24, 2.45) is 0 Å². The summed E-state index contributed by atoms with van der Waals surface area (Å²) in [5.74, 6) is -1.41. The number of hydrogen-bond donors (Lipinski definition) is 0. The summed E-state index contributed by atoms with van der Waals surface area (Å²) in [5.41, 5.74) is 0.817. The van der Waals surface area contributed by atoms with Crippen LogP contribution in [0.5, 0.6) is 0 Å². The number of nitrogens with zero attached hydrogens (tertiary/aromatic N) is 3. The number of carbonyl (C=O) groups excluding carboxylic acids is 2. The molecule has 0 saturated carbocycles. The second-order valence-corrected chi connectivity index (χ2v) is 4.84. The Kier molecular flexibility index (Phi) is 2.53. The third-order valence-corrected chi connectivity index (χ3v) is 3.53. The molecule has 3 heterocycles. The summed E-state index contributed by atoms with van der Waals surface area (Å²) in [6.07, 6.45) is 0. The Balaban J connectivity index is 1.86. The van der Waals surface area contributed by atoms with Crippen LogP contribution in [0.3, 0.4) is 0 Å². The van der Waals surface area contributed by atoms with Crippen LogP contribution in [0.2, 0.25) is 0 Å². The first-order chi connectivity index (χ1) is 10.6. The van der Waals surface area contributed by atoms with E-state index in [1.54, 1.807) is 36.4 Å². The van der Waals surface area contributed by atoms with Gasteiger partial charge in [0.05, 0.1) is 11.1 Å². The van der Waals surface area contributed by atoms with Crippen LogP contribution in [0.15, 0.2) is 48.5 Å².